The molecule has 0 saturated heterocycles. The van der Waals surface area contributed by atoms with E-state index in [-0.39, 0.29) is 5.54 Å². The number of ether oxygens (including phenoxy) is 2. The first-order valence-electron chi connectivity index (χ1n) is 8.96. The third-order valence-corrected chi connectivity index (χ3v) is 3.81. The number of anilines is 3. The first-order chi connectivity index (χ1) is 13.4. The maximum Gasteiger partial charge on any atom is 0.225 e. The number of rotatable bonds is 6. The molecule has 0 saturated carbocycles. The molecular formula is C21H25N5O2. The molecule has 1 aromatic carbocycles. The van der Waals surface area contributed by atoms with Gasteiger partial charge < -0.3 is 20.1 Å². The van der Waals surface area contributed by atoms with Gasteiger partial charge >= 0.3 is 0 Å². The average Bonchev–Trinajstić information content (AvgIpc) is 2.67. The van der Waals surface area contributed by atoms with Crippen molar-refractivity contribution in [2.45, 2.75) is 26.3 Å². The van der Waals surface area contributed by atoms with Gasteiger partial charge in [0.25, 0.3) is 0 Å². The van der Waals surface area contributed by atoms with Gasteiger partial charge in [-0.2, -0.15) is 4.98 Å². The molecule has 3 aromatic rings. The minimum Gasteiger partial charge on any atom is -0.497 e. The predicted molar refractivity (Wildman–Crippen MR) is 111 cm³/mol. The number of methoxy groups -OCH3 is 2. The molecule has 3 rings (SSSR count). The summed E-state index contributed by atoms with van der Waals surface area (Å²) in [6.07, 6.45) is 1.74. The molecular weight excluding hydrogens is 354 g/mol. The van der Waals surface area contributed by atoms with E-state index in [0.29, 0.717) is 23.3 Å². The smallest absolute Gasteiger partial charge is 0.225 e. The van der Waals surface area contributed by atoms with Gasteiger partial charge in [0.2, 0.25) is 5.95 Å². The second-order valence-electron chi connectivity index (χ2n) is 7.24. The summed E-state index contributed by atoms with van der Waals surface area (Å²) in [5.41, 5.74) is 2.08. The second kappa shape index (κ2) is 8.12. The highest BCUT2D eigenvalue weighted by atomic mass is 16.5. The summed E-state index contributed by atoms with van der Waals surface area (Å²) in [6.45, 7) is 6.18. The summed E-state index contributed by atoms with van der Waals surface area (Å²) in [5.74, 6) is 2.52. The number of pyridine rings is 1. The van der Waals surface area contributed by atoms with Gasteiger partial charge in [-0.3, -0.25) is 4.98 Å². The van der Waals surface area contributed by atoms with Crippen molar-refractivity contribution in [3.63, 3.8) is 0 Å². The Hall–Kier alpha value is -3.35. The topological polar surface area (TPSA) is 81.2 Å². The Morgan fingerprint density at radius 1 is 0.893 bits per heavy atom. The molecule has 0 fully saturated rings. The highest BCUT2D eigenvalue weighted by Gasteiger charge is 2.15. The monoisotopic (exact) mass is 379 g/mol. The van der Waals surface area contributed by atoms with Crippen LogP contribution in [0.25, 0.3) is 11.4 Å². The van der Waals surface area contributed by atoms with E-state index >= 15 is 0 Å². The van der Waals surface area contributed by atoms with Crippen molar-refractivity contribution in [3.8, 4) is 22.9 Å². The molecule has 2 heterocycles. The van der Waals surface area contributed by atoms with Gasteiger partial charge in [-0.1, -0.05) is 6.07 Å². The van der Waals surface area contributed by atoms with E-state index < -0.39 is 0 Å². The maximum atomic E-state index is 5.47. The lowest BCUT2D eigenvalue weighted by atomic mass is 10.1. The molecule has 7 heteroatoms. The average molecular weight is 379 g/mol. The van der Waals surface area contributed by atoms with E-state index in [1.807, 2.05) is 42.5 Å². The lowest BCUT2D eigenvalue weighted by Gasteiger charge is -2.21. The molecule has 2 N–H and O–H groups in total. The van der Waals surface area contributed by atoms with Crippen LogP contribution < -0.4 is 20.1 Å². The van der Waals surface area contributed by atoms with E-state index in [4.69, 9.17) is 9.47 Å². The van der Waals surface area contributed by atoms with Gasteiger partial charge in [0, 0.05) is 23.9 Å². The van der Waals surface area contributed by atoms with Gasteiger partial charge in [-0.15, -0.1) is 0 Å². The van der Waals surface area contributed by atoms with Crippen molar-refractivity contribution >= 4 is 17.5 Å². The Labute approximate surface area is 165 Å². The van der Waals surface area contributed by atoms with E-state index in [2.05, 4.69) is 46.4 Å². The lowest BCUT2D eigenvalue weighted by molar-refractivity contribution is 0.395. The van der Waals surface area contributed by atoms with Crippen LogP contribution in [0.4, 0.5) is 17.5 Å². The zero-order valence-corrected chi connectivity index (χ0v) is 16.8. The fourth-order valence-corrected chi connectivity index (χ4v) is 2.59. The van der Waals surface area contributed by atoms with E-state index in [9.17, 15) is 0 Å². The number of nitrogens with one attached hydrogen (secondary N) is 2. The van der Waals surface area contributed by atoms with Crippen LogP contribution in [0.2, 0.25) is 0 Å². The molecule has 7 nitrogen and oxygen atoms in total. The predicted octanol–water partition coefficient (Wildman–Crippen LogP) is 4.51. The Morgan fingerprint density at radius 2 is 1.71 bits per heavy atom. The highest BCUT2D eigenvalue weighted by Crippen LogP contribution is 2.32. The summed E-state index contributed by atoms with van der Waals surface area (Å²) < 4.78 is 10.7. The van der Waals surface area contributed by atoms with Gasteiger partial charge in [-0.25, -0.2) is 4.98 Å². The van der Waals surface area contributed by atoms with E-state index in [0.717, 1.165) is 17.1 Å². The summed E-state index contributed by atoms with van der Waals surface area (Å²) in [6, 6.07) is 13.1. The fraction of sp³-hybridized carbons (Fsp3) is 0.286. The van der Waals surface area contributed by atoms with Crippen molar-refractivity contribution < 1.29 is 9.47 Å². The number of nitrogens with zero attached hydrogens (tertiary/aromatic N) is 3. The van der Waals surface area contributed by atoms with Crippen LogP contribution in [0, 0.1) is 0 Å². The van der Waals surface area contributed by atoms with Crippen LogP contribution in [0.3, 0.4) is 0 Å². The van der Waals surface area contributed by atoms with Gasteiger partial charge in [0.05, 0.1) is 31.3 Å². The van der Waals surface area contributed by atoms with Crippen LogP contribution >= 0.6 is 0 Å². The van der Waals surface area contributed by atoms with Gasteiger partial charge in [0.15, 0.2) is 0 Å². The number of hydrogen-bond donors (Lipinski definition) is 2. The van der Waals surface area contributed by atoms with Crippen molar-refractivity contribution in [2.75, 3.05) is 24.9 Å². The number of aromatic nitrogens is 3. The third kappa shape index (κ3) is 4.88. The quantitative estimate of drug-likeness (QED) is 0.652. The van der Waals surface area contributed by atoms with Crippen LogP contribution in [0.15, 0.2) is 48.7 Å². The molecule has 0 spiro atoms. The molecule has 146 valence electrons. The second-order valence-corrected chi connectivity index (χ2v) is 7.24. The largest absolute Gasteiger partial charge is 0.497 e. The molecule has 0 bridgehead atoms. The van der Waals surface area contributed by atoms with Crippen LogP contribution in [-0.4, -0.2) is 34.7 Å². The van der Waals surface area contributed by atoms with E-state index in [1.54, 1.807) is 20.4 Å². The van der Waals surface area contributed by atoms with Gasteiger partial charge in [0.1, 0.15) is 17.3 Å². The first-order valence-corrected chi connectivity index (χ1v) is 8.96. The molecule has 0 aliphatic rings. The Bertz CT molecular complexity index is 939. The zero-order valence-electron chi connectivity index (χ0n) is 16.8. The van der Waals surface area contributed by atoms with Crippen LogP contribution in [-0.2, 0) is 0 Å². The van der Waals surface area contributed by atoms with Crippen LogP contribution in [0.5, 0.6) is 11.5 Å². The SMILES string of the molecule is COc1ccc(Nc2cc(-c3ccccn3)nc(NC(C)(C)C)n2)c(OC)c1. The van der Waals surface area contributed by atoms with Crippen molar-refractivity contribution in [3.05, 3.63) is 48.7 Å². The Kier molecular flexibility index (Phi) is 5.63. The summed E-state index contributed by atoms with van der Waals surface area (Å²) >= 11 is 0. The normalized spacial score (nSPS) is 11.0. The lowest BCUT2D eigenvalue weighted by Crippen LogP contribution is -2.27. The first kappa shape index (κ1) is 19.4. The molecule has 2 aromatic heterocycles. The maximum absolute atomic E-state index is 5.47. The highest BCUT2D eigenvalue weighted by molar-refractivity contribution is 5.69. The van der Waals surface area contributed by atoms with Crippen molar-refractivity contribution in [2.24, 2.45) is 0 Å². The Morgan fingerprint density at radius 3 is 2.36 bits per heavy atom. The van der Waals surface area contributed by atoms with Crippen molar-refractivity contribution in [1.29, 1.82) is 0 Å². The summed E-state index contributed by atoms with van der Waals surface area (Å²) in [7, 11) is 3.24. The Balaban J connectivity index is 2.01. The molecule has 28 heavy (non-hydrogen) atoms. The summed E-state index contributed by atoms with van der Waals surface area (Å²) in [4.78, 5) is 13.6. The minimum absolute atomic E-state index is 0.183. The zero-order chi connectivity index (χ0) is 20.1. The molecule has 0 aliphatic carbocycles. The van der Waals surface area contributed by atoms with Crippen LogP contribution in [0.1, 0.15) is 20.8 Å². The molecule has 0 amide bonds. The number of hydrogen-bond acceptors (Lipinski definition) is 7. The third-order valence-electron chi connectivity index (χ3n) is 3.81. The molecule has 0 radical (unpaired) electrons. The number of benzene rings is 1. The summed E-state index contributed by atoms with van der Waals surface area (Å²) in [5, 5.41) is 6.63. The standard InChI is InChI=1S/C21H25N5O2/c1-21(2,3)26-20-24-17(15-8-6-7-11-22-15)13-19(25-20)23-16-10-9-14(27-4)12-18(16)28-5/h6-13H,1-5H3,(H2,23,24,25,26). The van der Waals surface area contributed by atoms with Gasteiger partial charge in [-0.05, 0) is 45.0 Å². The fourth-order valence-electron chi connectivity index (χ4n) is 2.59. The van der Waals surface area contributed by atoms with Crippen molar-refractivity contribution in [1.82, 2.24) is 15.0 Å². The van der Waals surface area contributed by atoms with E-state index in [1.165, 1.54) is 0 Å². The molecule has 0 atom stereocenters. The molecule has 0 unspecified atom stereocenters. The minimum atomic E-state index is -0.183. The molecule has 0 aliphatic heterocycles.